The van der Waals surface area contributed by atoms with Crippen LogP contribution in [0.5, 0.6) is 0 Å². The average Bonchev–Trinajstić information content (AvgIpc) is 2.40. The van der Waals surface area contributed by atoms with Gasteiger partial charge in [0.2, 0.25) is 0 Å². The van der Waals surface area contributed by atoms with E-state index in [-0.39, 0.29) is 0 Å². The summed E-state index contributed by atoms with van der Waals surface area (Å²) in [6, 6.07) is 8.12. The van der Waals surface area contributed by atoms with Crippen molar-refractivity contribution in [3.05, 3.63) is 34.9 Å². The highest BCUT2D eigenvalue weighted by atomic mass is 35.5. The first-order valence-corrected chi connectivity index (χ1v) is 7.27. The van der Waals surface area contributed by atoms with E-state index in [4.69, 9.17) is 11.6 Å². The lowest BCUT2D eigenvalue weighted by Crippen LogP contribution is -2.34. The molecule has 0 unspecified atom stereocenters. The van der Waals surface area contributed by atoms with Crippen LogP contribution in [0.1, 0.15) is 26.3 Å². The van der Waals surface area contributed by atoms with E-state index >= 15 is 0 Å². The summed E-state index contributed by atoms with van der Waals surface area (Å²) in [4.78, 5) is 4.90. The van der Waals surface area contributed by atoms with E-state index in [2.05, 4.69) is 42.7 Å². The minimum Gasteiger partial charge on any atom is -0.303 e. The monoisotopic (exact) mass is 268 g/mol. The topological polar surface area (TPSA) is 6.48 Å². The van der Waals surface area contributed by atoms with Gasteiger partial charge in [-0.15, -0.1) is 0 Å². The van der Waals surface area contributed by atoms with Gasteiger partial charge in [-0.1, -0.05) is 50.6 Å². The van der Waals surface area contributed by atoms with E-state index in [1.807, 2.05) is 12.1 Å². The van der Waals surface area contributed by atoms with Crippen molar-refractivity contribution in [3.8, 4) is 0 Å². The molecule has 102 valence electrons. The van der Waals surface area contributed by atoms with Crippen molar-refractivity contribution in [2.24, 2.45) is 0 Å². The van der Waals surface area contributed by atoms with Crippen LogP contribution in [0, 0.1) is 0 Å². The largest absolute Gasteiger partial charge is 0.303 e. The molecule has 0 fully saturated rings. The fraction of sp³-hybridized carbons (Fsp3) is 0.600. The Labute approximate surface area is 117 Å². The predicted octanol–water partition coefficient (Wildman–Crippen LogP) is 3.50. The van der Waals surface area contributed by atoms with E-state index in [9.17, 15) is 0 Å². The molecule has 0 heterocycles. The highest BCUT2D eigenvalue weighted by Gasteiger charge is 2.08. The van der Waals surface area contributed by atoms with Crippen LogP contribution in [0.15, 0.2) is 24.3 Å². The number of rotatable bonds is 8. The molecule has 0 atom stereocenters. The predicted molar refractivity (Wildman–Crippen MR) is 80.2 cm³/mol. The molecule has 0 amide bonds. The third kappa shape index (κ3) is 4.97. The molecule has 18 heavy (non-hydrogen) atoms. The van der Waals surface area contributed by atoms with Crippen molar-refractivity contribution >= 4 is 11.6 Å². The lowest BCUT2D eigenvalue weighted by atomic mass is 10.2. The van der Waals surface area contributed by atoms with Crippen molar-refractivity contribution in [1.82, 2.24) is 9.80 Å². The molecule has 0 saturated heterocycles. The van der Waals surface area contributed by atoms with Crippen LogP contribution in [0.25, 0.3) is 0 Å². The Hall–Kier alpha value is -0.570. The minimum absolute atomic E-state index is 0.874. The molecule has 2 nitrogen and oxygen atoms in total. The van der Waals surface area contributed by atoms with Crippen LogP contribution in [0.3, 0.4) is 0 Å². The van der Waals surface area contributed by atoms with Crippen LogP contribution in [0.4, 0.5) is 0 Å². The second kappa shape index (κ2) is 8.52. The first-order valence-electron chi connectivity index (χ1n) is 6.89. The molecule has 0 aliphatic rings. The van der Waals surface area contributed by atoms with Gasteiger partial charge in [0.25, 0.3) is 0 Å². The normalized spacial score (nSPS) is 11.4. The maximum atomic E-state index is 6.21. The number of halogens is 1. The van der Waals surface area contributed by atoms with Crippen molar-refractivity contribution in [2.75, 3.05) is 32.7 Å². The van der Waals surface area contributed by atoms with Gasteiger partial charge < -0.3 is 4.90 Å². The molecule has 0 spiro atoms. The summed E-state index contributed by atoms with van der Waals surface area (Å²) in [5.74, 6) is 0. The Morgan fingerprint density at radius 1 is 0.889 bits per heavy atom. The highest BCUT2D eigenvalue weighted by Crippen LogP contribution is 2.16. The highest BCUT2D eigenvalue weighted by molar-refractivity contribution is 6.31. The number of benzene rings is 1. The fourth-order valence-electron chi connectivity index (χ4n) is 2.04. The maximum Gasteiger partial charge on any atom is 0.0451 e. The zero-order valence-electron chi connectivity index (χ0n) is 11.8. The molecule has 0 radical (unpaired) electrons. The lowest BCUT2D eigenvalue weighted by Gasteiger charge is -2.25. The van der Waals surface area contributed by atoms with Crippen LogP contribution >= 0.6 is 11.6 Å². The zero-order chi connectivity index (χ0) is 13.4. The van der Waals surface area contributed by atoms with Gasteiger partial charge in [0.15, 0.2) is 0 Å². The van der Waals surface area contributed by atoms with Crippen LogP contribution in [-0.4, -0.2) is 42.5 Å². The van der Waals surface area contributed by atoms with Gasteiger partial charge in [-0.05, 0) is 31.3 Å². The van der Waals surface area contributed by atoms with Gasteiger partial charge in [-0.2, -0.15) is 0 Å². The molecule has 0 saturated carbocycles. The Kier molecular flexibility index (Phi) is 7.33. The first kappa shape index (κ1) is 15.5. The number of likely N-dealkylation sites (N-methyl/N-ethyl adjacent to an activating group) is 2. The first-order chi connectivity index (χ1) is 8.71. The minimum atomic E-state index is 0.874. The van der Waals surface area contributed by atoms with Gasteiger partial charge >= 0.3 is 0 Å². The molecule has 0 aliphatic heterocycles. The second-order valence-corrected chi connectivity index (χ2v) is 4.89. The SMILES string of the molecule is CCN(CC)CCN(CC)Cc1ccccc1Cl. The summed E-state index contributed by atoms with van der Waals surface area (Å²) < 4.78 is 0. The molecule has 0 aromatic heterocycles. The van der Waals surface area contributed by atoms with E-state index in [0.29, 0.717) is 0 Å². The van der Waals surface area contributed by atoms with Gasteiger partial charge in [-0.25, -0.2) is 0 Å². The van der Waals surface area contributed by atoms with Crippen molar-refractivity contribution in [3.63, 3.8) is 0 Å². The summed E-state index contributed by atoms with van der Waals surface area (Å²) in [5.41, 5.74) is 1.22. The Morgan fingerprint density at radius 3 is 2.00 bits per heavy atom. The van der Waals surface area contributed by atoms with E-state index < -0.39 is 0 Å². The van der Waals surface area contributed by atoms with E-state index in [1.165, 1.54) is 5.56 Å². The quantitative estimate of drug-likeness (QED) is 0.712. The van der Waals surface area contributed by atoms with Gasteiger partial charge in [0.05, 0.1) is 0 Å². The fourth-order valence-corrected chi connectivity index (χ4v) is 2.23. The number of hydrogen-bond acceptors (Lipinski definition) is 2. The molecule has 0 bridgehead atoms. The Balaban J connectivity index is 2.49. The van der Waals surface area contributed by atoms with E-state index in [1.54, 1.807) is 0 Å². The second-order valence-electron chi connectivity index (χ2n) is 4.49. The lowest BCUT2D eigenvalue weighted by molar-refractivity contribution is 0.215. The number of hydrogen-bond donors (Lipinski definition) is 0. The smallest absolute Gasteiger partial charge is 0.0451 e. The molecular formula is C15H25ClN2. The molecule has 1 aromatic carbocycles. The molecular weight excluding hydrogens is 244 g/mol. The van der Waals surface area contributed by atoms with Crippen LogP contribution in [0.2, 0.25) is 5.02 Å². The summed E-state index contributed by atoms with van der Waals surface area (Å²) in [6.07, 6.45) is 0. The molecule has 1 aromatic rings. The molecule has 3 heteroatoms. The Morgan fingerprint density at radius 2 is 1.44 bits per heavy atom. The van der Waals surface area contributed by atoms with Gasteiger partial charge in [-0.3, -0.25) is 4.90 Å². The van der Waals surface area contributed by atoms with Crippen molar-refractivity contribution < 1.29 is 0 Å². The third-order valence-electron chi connectivity index (χ3n) is 3.43. The molecule has 1 rings (SSSR count). The summed E-state index contributed by atoms with van der Waals surface area (Å²) in [7, 11) is 0. The molecule has 0 aliphatic carbocycles. The maximum absolute atomic E-state index is 6.21. The van der Waals surface area contributed by atoms with Crippen LogP contribution < -0.4 is 0 Å². The standard InChI is InChI=1S/C15H25ClN2/c1-4-17(5-2)11-12-18(6-3)13-14-9-7-8-10-15(14)16/h7-10H,4-6,11-13H2,1-3H3. The van der Waals surface area contributed by atoms with Crippen LogP contribution in [-0.2, 0) is 6.54 Å². The average molecular weight is 269 g/mol. The van der Waals surface area contributed by atoms with Gasteiger partial charge in [0.1, 0.15) is 0 Å². The summed E-state index contributed by atoms with van der Waals surface area (Å²) >= 11 is 6.21. The van der Waals surface area contributed by atoms with Gasteiger partial charge in [0, 0.05) is 24.7 Å². The van der Waals surface area contributed by atoms with Crippen molar-refractivity contribution in [1.29, 1.82) is 0 Å². The number of nitrogens with zero attached hydrogens (tertiary/aromatic N) is 2. The summed E-state index contributed by atoms with van der Waals surface area (Å²) in [6.45, 7) is 13.1. The van der Waals surface area contributed by atoms with E-state index in [0.717, 1.165) is 44.3 Å². The van der Waals surface area contributed by atoms with Crippen molar-refractivity contribution in [2.45, 2.75) is 27.3 Å². The Bertz CT molecular complexity index is 337. The molecule has 0 N–H and O–H groups in total. The third-order valence-corrected chi connectivity index (χ3v) is 3.79. The zero-order valence-corrected chi connectivity index (χ0v) is 12.6. The summed E-state index contributed by atoms with van der Waals surface area (Å²) in [5, 5.41) is 0.874.